The predicted molar refractivity (Wildman–Crippen MR) is 88.6 cm³/mol. The van der Waals surface area contributed by atoms with E-state index < -0.39 is 6.04 Å². The number of amides is 1. The molecule has 2 fully saturated rings. The Morgan fingerprint density at radius 2 is 2.05 bits per heavy atom. The molecule has 0 spiro atoms. The lowest BCUT2D eigenvalue weighted by Crippen LogP contribution is -2.57. The first-order valence-corrected chi connectivity index (χ1v) is 8.73. The zero-order valence-corrected chi connectivity index (χ0v) is 14.4. The number of hydrogen-bond donors (Lipinski definition) is 2. The largest absolute Gasteiger partial charge is 0.381 e. The van der Waals surface area contributed by atoms with Crippen molar-refractivity contribution in [2.75, 3.05) is 33.9 Å². The Morgan fingerprint density at radius 3 is 2.64 bits per heavy atom. The molecule has 2 rings (SSSR count). The van der Waals surface area contributed by atoms with E-state index in [0.717, 1.165) is 44.8 Å². The maximum Gasteiger partial charge on any atom is 0.237 e. The minimum absolute atomic E-state index is 0.00588. The van der Waals surface area contributed by atoms with E-state index in [2.05, 4.69) is 31.2 Å². The number of carbonyl (C=O) groups excluding carboxylic acids is 1. The number of rotatable bonds is 5. The summed E-state index contributed by atoms with van der Waals surface area (Å²) in [5, 5.41) is 3.15. The van der Waals surface area contributed by atoms with Crippen LogP contribution in [0.15, 0.2) is 0 Å². The molecule has 0 radical (unpaired) electrons. The molecule has 0 bridgehead atoms. The van der Waals surface area contributed by atoms with E-state index in [4.69, 9.17) is 10.5 Å². The summed E-state index contributed by atoms with van der Waals surface area (Å²) in [5.74, 6) is 0.984. The second kappa shape index (κ2) is 7.75. The van der Waals surface area contributed by atoms with Gasteiger partial charge in [-0.25, -0.2) is 0 Å². The molecular formula is C17H33N3O2. The first-order chi connectivity index (χ1) is 10.4. The van der Waals surface area contributed by atoms with E-state index in [1.165, 1.54) is 12.8 Å². The molecule has 3 N–H and O–H groups in total. The molecule has 0 aromatic carbocycles. The van der Waals surface area contributed by atoms with Crippen molar-refractivity contribution in [1.82, 2.24) is 10.2 Å². The summed E-state index contributed by atoms with van der Waals surface area (Å²) < 4.78 is 5.35. The number of nitrogens with two attached hydrogens (primary N) is 1. The van der Waals surface area contributed by atoms with Gasteiger partial charge in [0.2, 0.25) is 5.91 Å². The Bertz CT molecular complexity index is 369. The summed E-state index contributed by atoms with van der Waals surface area (Å²) >= 11 is 0. The molecule has 2 aliphatic rings. The fraction of sp³-hybridized carbons (Fsp3) is 0.941. The van der Waals surface area contributed by atoms with Crippen LogP contribution >= 0.6 is 0 Å². The molecule has 22 heavy (non-hydrogen) atoms. The molecule has 1 heterocycles. The number of likely N-dealkylation sites (N-methyl/N-ethyl adjacent to an activating group) is 1. The lowest BCUT2D eigenvalue weighted by molar-refractivity contribution is -0.125. The predicted octanol–water partition coefficient (Wildman–Crippen LogP) is 1.37. The zero-order chi connectivity index (χ0) is 16.2. The van der Waals surface area contributed by atoms with Gasteiger partial charge >= 0.3 is 0 Å². The fourth-order valence-electron chi connectivity index (χ4n) is 4.02. The Hall–Kier alpha value is -0.650. The summed E-state index contributed by atoms with van der Waals surface area (Å²) in [6.07, 6.45) is 6.62. The first kappa shape index (κ1) is 17.7. The molecule has 1 amide bonds. The lowest BCUT2D eigenvalue weighted by Gasteiger charge is -2.45. The number of carbonyl (C=O) groups is 1. The fourth-order valence-corrected chi connectivity index (χ4v) is 4.02. The summed E-state index contributed by atoms with van der Waals surface area (Å²) in [5.41, 5.74) is 6.26. The molecule has 1 aliphatic heterocycles. The molecular weight excluding hydrogens is 278 g/mol. The topological polar surface area (TPSA) is 67.6 Å². The Kier molecular flexibility index (Phi) is 6.24. The van der Waals surface area contributed by atoms with Crippen LogP contribution in [0.4, 0.5) is 0 Å². The highest BCUT2D eigenvalue weighted by Gasteiger charge is 2.38. The molecule has 1 aliphatic carbocycles. The molecule has 1 saturated heterocycles. The van der Waals surface area contributed by atoms with Gasteiger partial charge in [-0.2, -0.15) is 0 Å². The Morgan fingerprint density at radius 1 is 1.36 bits per heavy atom. The van der Waals surface area contributed by atoms with Crippen LogP contribution in [0, 0.1) is 11.8 Å². The summed E-state index contributed by atoms with van der Waals surface area (Å²) in [7, 11) is 4.26. The standard InChI is InChI=1S/C17H33N3O2/c1-13-5-4-8-17(11-13,20(2)3)12-19-16(21)15(18)14-6-9-22-10-7-14/h13-15H,4-12,18H2,1-3H3,(H,19,21). The SMILES string of the molecule is CC1CCCC(CNC(=O)C(N)C2CCOCC2)(N(C)C)C1. The van der Waals surface area contributed by atoms with Gasteiger partial charge in [-0.15, -0.1) is 0 Å². The monoisotopic (exact) mass is 311 g/mol. The third-order valence-corrected chi connectivity index (χ3v) is 5.68. The van der Waals surface area contributed by atoms with Crippen molar-refractivity contribution in [1.29, 1.82) is 0 Å². The quantitative estimate of drug-likeness (QED) is 0.805. The van der Waals surface area contributed by atoms with Crippen LogP contribution in [0.1, 0.15) is 45.4 Å². The van der Waals surface area contributed by atoms with E-state index in [0.29, 0.717) is 6.54 Å². The summed E-state index contributed by atoms with van der Waals surface area (Å²) in [4.78, 5) is 14.7. The second-order valence-corrected chi connectivity index (χ2v) is 7.51. The zero-order valence-electron chi connectivity index (χ0n) is 14.4. The summed E-state index contributed by atoms with van der Waals surface area (Å²) in [6.45, 7) is 4.47. The third-order valence-electron chi connectivity index (χ3n) is 5.68. The van der Waals surface area contributed by atoms with Gasteiger partial charge in [0.05, 0.1) is 6.04 Å². The molecule has 1 saturated carbocycles. The van der Waals surface area contributed by atoms with Gasteiger partial charge in [-0.05, 0) is 51.6 Å². The van der Waals surface area contributed by atoms with E-state index in [1.807, 2.05) is 0 Å². The number of nitrogens with zero attached hydrogens (tertiary/aromatic N) is 1. The van der Waals surface area contributed by atoms with Crippen molar-refractivity contribution in [2.45, 2.75) is 57.0 Å². The van der Waals surface area contributed by atoms with Crippen LogP contribution < -0.4 is 11.1 Å². The van der Waals surface area contributed by atoms with Gasteiger partial charge in [0, 0.05) is 25.3 Å². The molecule has 128 valence electrons. The number of ether oxygens (including phenoxy) is 1. The van der Waals surface area contributed by atoms with Gasteiger partial charge in [-0.3, -0.25) is 4.79 Å². The van der Waals surface area contributed by atoms with E-state index in [9.17, 15) is 4.79 Å². The van der Waals surface area contributed by atoms with Crippen molar-refractivity contribution >= 4 is 5.91 Å². The normalized spacial score (nSPS) is 32.0. The second-order valence-electron chi connectivity index (χ2n) is 7.51. The highest BCUT2D eigenvalue weighted by Crippen LogP contribution is 2.35. The van der Waals surface area contributed by atoms with Crippen molar-refractivity contribution in [3.05, 3.63) is 0 Å². The van der Waals surface area contributed by atoms with Crippen molar-refractivity contribution in [3.8, 4) is 0 Å². The average molecular weight is 311 g/mol. The van der Waals surface area contributed by atoms with Crippen LogP contribution in [0.2, 0.25) is 0 Å². The van der Waals surface area contributed by atoms with Crippen molar-refractivity contribution < 1.29 is 9.53 Å². The maximum absolute atomic E-state index is 12.4. The molecule has 3 atom stereocenters. The number of nitrogens with one attached hydrogen (secondary N) is 1. The smallest absolute Gasteiger partial charge is 0.237 e. The highest BCUT2D eigenvalue weighted by atomic mass is 16.5. The first-order valence-electron chi connectivity index (χ1n) is 8.73. The van der Waals surface area contributed by atoms with Crippen LogP contribution in [0.3, 0.4) is 0 Å². The minimum Gasteiger partial charge on any atom is -0.381 e. The molecule has 0 aromatic heterocycles. The average Bonchev–Trinajstić information content (AvgIpc) is 2.52. The Balaban J connectivity index is 1.89. The lowest BCUT2D eigenvalue weighted by atomic mass is 9.75. The van der Waals surface area contributed by atoms with Crippen LogP contribution in [-0.4, -0.2) is 56.2 Å². The Labute approximate surface area is 134 Å². The molecule has 5 nitrogen and oxygen atoms in total. The van der Waals surface area contributed by atoms with Crippen LogP contribution in [0.25, 0.3) is 0 Å². The molecule has 5 heteroatoms. The van der Waals surface area contributed by atoms with Gasteiger partial charge < -0.3 is 20.7 Å². The molecule has 3 unspecified atom stereocenters. The van der Waals surface area contributed by atoms with Crippen LogP contribution in [0.5, 0.6) is 0 Å². The maximum atomic E-state index is 12.4. The highest BCUT2D eigenvalue weighted by molar-refractivity contribution is 5.81. The van der Waals surface area contributed by atoms with Gasteiger partial charge in [0.1, 0.15) is 0 Å². The van der Waals surface area contributed by atoms with Gasteiger partial charge in [0.15, 0.2) is 0 Å². The van der Waals surface area contributed by atoms with E-state index in [1.54, 1.807) is 0 Å². The minimum atomic E-state index is -0.399. The van der Waals surface area contributed by atoms with Crippen LogP contribution in [-0.2, 0) is 9.53 Å². The van der Waals surface area contributed by atoms with Crippen molar-refractivity contribution in [2.24, 2.45) is 17.6 Å². The summed E-state index contributed by atoms with van der Waals surface area (Å²) in [6, 6.07) is -0.399. The third kappa shape index (κ3) is 4.21. The number of hydrogen-bond acceptors (Lipinski definition) is 4. The van der Waals surface area contributed by atoms with Gasteiger partial charge in [0.25, 0.3) is 0 Å². The van der Waals surface area contributed by atoms with Crippen molar-refractivity contribution in [3.63, 3.8) is 0 Å². The van der Waals surface area contributed by atoms with Gasteiger partial charge in [-0.1, -0.05) is 19.8 Å². The van der Waals surface area contributed by atoms with E-state index >= 15 is 0 Å². The van der Waals surface area contributed by atoms with E-state index in [-0.39, 0.29) is 17.4 Å². The molecule has 0 aromatic rings.